The third-order valence-corrected chi connectivity index (χ3v) is 2.88. The van der Waals surface area contributed by atoms with Crippen molar-refractivity contribution in [3.63, 3.8) is 0 Å². The molecule has 2 aliphatic heterocycles. The molecule has 0 saturated carbocycles. The van der Waals surface area contributed by atoms with Gasteiger partial charge in [-0.2, -0.15) is 0 Å². The number of nitrogens with two attached hydrogens (primary N) is 2. The second-order valence-corrected chi connectivity index (χ2v) is 4.73. The van der Waals surface area contributed by atoms with Crippen molar-refractivity contribution in [2.45, 2.75) is 25.7 Å². The first-order chi connectivity index (χ1) is 8.36. The summed E-state index contributed by atoms with van der Waals surface area (Å²) in [6.45, 7) is 9.14. The predicted molar refractivity (Wildman–Crippen MR) is 72.6 cm³/mol. The van der Waals surface area contributed by atoms with Crippen molar-refractivity contribution < 1.29 is 0 Å². The van der Waals surface area contributed by atoms with E-state index in [1.165, 1.54) is 52.0 Å². The molecule has 0 unspecified atom stereocenters. The van der Waals surface area contributed by atoms with Crippen LogP contribution in [0.15, 0.2) is 0 Å². The number of nitrogens with one attached hydrogen (secondary N) is 1. The van der Waals surface area contributed by atoms with Crippen LogP contribution in [0.2, 0.25) is 0 Å². The molecule has 2 rings (SSSR count). The molecule has 0 aliphatic carbocycles. The van der Waals surface area contributed by atoms with Crippen LogP contribution in [0.25, 0.3) is 0 Å². The Hall–Kier alpha value is -0.200. The lowest BCUT2D eigenvalue weighted by Crippen LogP contribution is -2.22. The van der Waals surface area contributed by atoms with E-state index in [9.17, 15) is 0 Å². The molecule has 0 aromatic carbocycles. The van der Waals surface area contributed by atoms with Gasteiger partial charge in [0.2, 0.25) is 0 Å². The summed E-state index contributed by atoms with van der Waals surface area (Å²) in [6.07, 6.45) is 4.82. The molecule has 0 aromatic heterocycles. The maximum Gasteiger partial charge on any atom is 0.0273 e. The molecule has 0 spiro atoms. The highest BCUT2D eigenvalue weighted by atomic mass is 15.6. The van der Waals surface area contributed by atoms with Crippen LogP contribution in [0.3, 0.4) is 0 Å². The maximum absolute atomic E-state index is 5.32. The van der Waals surface area contributed by atoms with Crippen LogP contribution in [-0.4, -0.2) is 62.3 Å². The number of hydrazine groups is 1. The minimum absolute atomic E-state index is 0.821. The zero-order valence-electron chi connectivity index (χ0n) is 11.0. The standard InChI is InChI=1S/C6H15N3.C6H14N2/c7-3-1-2-4-8-9-5-6-9;7-3-1-2-4-8-5-6-8/h8H,1-7H2;1-7H2. The lowest BCUT2D eigenvalue weighted by Gasteiger charge is -2.01. The van der Waals surface area contributed by atoms with Crippen molar-refractivity contribution in [1.29, 1.82) is 0 Å². The zero-order chi connectivity index (χ0) is 12.3. The van der Waals surface area contributed by atoms with Gasteiger partial charge in [-0.1, -0.05) is 0 Å². The van der Waals surface area contributed by atoms with Crippen molar-refractivity contribution in [2.75, 3.05) is 52.4 Å². The molecule has 0 amide bonds. The highest BCUT2D eigenvalue weighted by Gasteiger charge is 2.15. The smallest absolute Gasteiger partial charge is 0.0273 e. The number of hydrogen-bond donors (Lipinski definition) is 3. The number of unbranched alkanes of at least 4 members (excludes halogenated alkanes) is 2. The van der Waals surface area contributed by atoms with E-state index in [1.54, 1.807) is 0 Å². The van der Waals surface area contributed by atoms with Gasteiger partial charge in [-0.25, -0.2) is 5.01 Å². The van der Waals surface area contributed by atoms with Crippen molar-refractivity contribution in [1.82, 2.24) is 15.3 Å². The van der Waals surface area contributed by atoms with Crippen LogP contribution in [-0.2, 0) is 0 Å². The van der Waals surface area contributed by atoms with E-state index < -0.39 is 0 Å². The average molecular weight is 243 g/mol. The summed E-state index contributed by atoms with van der Waals surface area (Å²) >= 11 is 0. The van der Waals surface area contributed by atoms with E-state index in [2.05, 4.69) is 15.3 Å². The number of hydrogen-bond acceptors (Lipinski definition) is 5. The fourth-order valence-electron chi connectivity index (χ4n) is 1.49. The molecule has 0 atom stereocenters. The molecule has 2 fully saturated rings. The Morgan fingerprint density at radius 3 is 2.00 bits per heavy atom. The molecule has 5 nitrogen and oxygen atoms in total. The molecule has 5 N–H and O–H groups in total. The molecular weight excluding hydrogens is 214 g/mol. The van der Waals surface area contributed by atoms with Gasteiger partial charge in [-0.3, -0.25) is 5.43 Å². The fourth-order valence-corrected chi connectivity index (χ4v) is 1.49. The predicted octanol–water partition coefficient (Wildman–Crippen LogP) is -0.414. The quantitative estimate of drug-likeness (QED) is 0.379. The SMILES string of the molecule is NCCCCN1CC1.NCCCCNN1CC1. The van der Waals surface area contributed by atoms with Gasteiger partial charge in [0, 0.05) is 32.7 Å². The molecule has 2 heterocycles. The topological polar surface area (TPSA) is 70.1 Å². The Labute approximate surface area is 105 Å². The Balaban J connectivity index is 0.000000171. The van der Waals surface area contributed by atoms with Crippen molar-refractivity contribution in [3.8, 4) is 0 Å². The molecular formula is C12H29N5. The van der Waals surface area contributed by atoms with Crippen LogP contribution in [0.5, 0.6) is 0 Å². The summed E-state index contributed by atoms with van der Waals surface area (Å²) in [6, 6.07) is 0. The summed E-state index contributed by atoms with van der Waals surface area (Å²) in [5.41, 5.74) is 13.9. The van der Waals surface area contributed by atoms with E-state index in [4.69, 9.17) is 11.5 Å². The lowest BCUT2D eigenvalue weighted by atomic mass is 10.3. The van der Waals surface area contributed by atoms with E-state index >= 15 is 0 Å². The van der Waals surface area contributed by atoms with E-state index in [0.29, 0.717) is 0 Å². The second-order valence-electron chi connectivity index (χ2n) is 4.73. The minimum Gasteiger partial charge on any atom is -0.330 e. The first-order valence-corrected chi connectivity index (χ1v) is 6.97. The summed E-state index contributed by atoms with van der Waals surface area (Å²) in [5, 5.41) is 2.20. The van der Waals surface area contributed by atoms with Crippen LogP contribution < -0.4 is 16.9 Å². The van der Waals surface area contributed by atoms with E-state index in [-0.39, 0.29) is 0 Å². The molecule has 0 radical (unpaired) electrons. The van der Waals surface area contributed by atoms with Crippen LogP contribution in [0.1, 0.15) is 25.7 Å². The molecule has 2 aliphatic rings. The second kappa shape index (κ2) is 9.79. The molecule has 2 saturated heterocycles. The first-order valence-electron chi connectivity index (χ1n) is 6.97. The summed E-state index contributed by atoms with van der Waals surface area (Å²) in [7, 11) is 0. The minimum atomic E-state index is 0.821. The molecule has 0 bridgehead atoms. The maximum atomic E-state index is 5.32. The first kappa shape index (κ1) is 14.9. The van der Waals surface area contributed by atoms with Gasteiger partial charge in [0.15, 0.2) is 0 Å². The normalized spacial score (nSPS) is 18.7. The Morgan fingerprint density at radius 1 is 0.824 bits per heavy atom. The van der Waals surface area contributed by atoms with Crippen molar-refractivity contribution in [3.05, 3.63) is 0 Å². The van der Waals surface area contributed by atoms with Crippen molar-refractivity contribution >= 4 is 0 Å². The van der Waals surface area contributed by atoms with Gasteiger partial charge < -0.3 is 16.4 Å². The van der Waals surface area contributed by atoms with Gasteiger partial charge in [0.1, 0.15) is 0 Å². The van der Waals surface area contributed by atoms with E-state index in [1.807, 2.05) is 0 Å². The third-order valence-electron chi connectivity index (χ3n) is 2.88. The van der Waals surface area contributed by atoms with Gasteiger partial charge in [-0.15, -0.1) is 0 Å². The van der Waals surface area contributed by atoms with Gasteiger partial charge in [0.25, 0.3) is 0 Å². The highest BCUT2D eigenvalue weighted by Crippen LogP contribution is 2.04. The molecule has 102 valence electrons. The van der Waals surface area contributed by atoms with E-state index in [0.717, 1.165) is 26.1 Å². The lowest BCUT2D eigenvalue weighted by molar-refractivity contribution is 0.397. The number of rotatable bonds is 9. The monoisotopic (exact) mass is 243 g/mol. The Kier molecular flexibility index (Phi) is 8.56. The van der Waals surface area contributed by atoms with Gasteiger partial charge >= 0.3 is 0 Å². The highest BCUT2D eigenvalue weighted by molar-refractivity contribution is 4.71. The molecule has 0 aromatic rings. The van der Waals surface area contributed by atoms with Crippen LogP contribution in [0, 0.1) is 0 Å². The Morgan fingerprint density at radius 2 is 1.47 bits per heavy atom. The third kappa shape index (κ3) is 10.7. The van der Waals surface area contributed by atoms with Gasteiger partial charge in [-0.05, 0) is 45.3 Å². The Bertz CT molecular complexity index is 168. The number of nitrogens with zero attached hydrogens (tertiary/aromatic N) is 2. The summed E-state index contributed by atoms with van der Waals surface area (Å²) in [5.74, 6) is 0. The summed E-state index contributed by atoms with van der Waals surface area (Å²) < 4.78 is 0. The zero-order valence-corrected chi connectivity index (χ0v) is 11.0. The average Bonchev–Trinajstić information content (AvgIpc) is 3.19. The van der Waals surface area contributed by atoms with Crippen LogP contribution in [0.4, 0.5) is 0 Å². The van der Waals surface area contributed by atoms with Gasteiger partial charge in [0.05, 0.1) is 0 Å². The van der Waals surface area contributed by atoms with Crippen molar-refractivity contribution in [2.24, 2.45) is 11.5 Å². The fraction of sp³-hybridized carbons (Fsp3) is 1.00. The molecule has 17 heavy (non-hydrogen) atoms. The largest absolute Gasteiger partial charge is 0.330 e. The van der Waals surface area contributed by atoms with Crippen LogP contribution >= 0.6 is 0 Å². The molecule has 5 heteroatoms. The summed E-state index contributed by atoms with van der Waals surface area (Å²) in [4.78, 5) is 2.43.